The summed E-state index contributed by atoms with van der Waals surface area (Å²) < 4.78 is 0. The van der Waals surface area contributed by atoms with E-state index in [0.717, 1.165) is 24.7 Å². The highest BCUT2D eigenvalue weighted by Gasteiger charge is 2.13. The summed E-state index contributed by atoms with van der Waals surface area (Å²) in [4.78, 5) is 0. The maximum atomic E-state index is 4.49. The molecule has 0 heteroatoms. The molecule has 0 aromatic rings. The molecule has 0 aromatic heterocycles. The molecular weight excluding hydrogens is 360 g/mol. The summed E-state index contributed by atoms with van der Waals surface area (Å²) in [6.07, 6.45) is 22.4. The molecular formula is C30H54. The van der Waals surface area contributed by atoms with Crippen molar-refractivity contribution in [2.24, 2.45) is 17.8 Å². The van der Waals surface area contributed by atoms with Gasteiger partial charge in [-0.3, -0.25) is 0 Å². The molecule has 0 aromatic carbocycles. The summed E-state index contributed by atoms with van der Waals surface area (Å²) in [7, 11) is 0. The summed E-state index contributed by atoms with van der Waals surface area (Å²) in [5.41, 5.74) is 4.20. The van der Waals surface area contributed by atoms with Gasteiger partial charge < -0.3 is 0 Å². The van der Waals surface area contributed by atoms with Gasteiger partial charge in [0.05, 0.1) is 0 Å². The second kappa shape index (κ2) is 18.7. The van der Waals surface area contributed by atoms with Gasteiger partial charge in [0, 0.05) is 0 Å². The van der Waals surface area contributed by atoms with Crippen LogP contribution in [0.5, 0.6) is 0 Å². The van der Waals surface area contributed by atoms with Crippen molar-refractivity contribution >= 4 is 0 Å². The lowest BCUT2D eigenvalue weighted by Gasteiger charge is -2.20. The van der Waals surface area contributed by atoms with Crippen LogP contribution < -0.4 is 0 Å². The van der Waals surface area contributed by atoms with Crippen LogP contribution in [0.25, 0.3) is 0 Å². The topological polar surface area (TPSA) is 0 Å². The molecule has 174 valence electrons. The van der Waals surface area contributed by atoms with E-state index in [0.29, 0.717) is 5.92 Å². The molecule has 0 spiro atoms. The Labute approximate surface area is 191 Å². The van der Waals surface area contributed by atoms with E-state index in [1.54, 1.807) is 0 Å². The lowest BCUT2D eigenvalue weighted by molar-refractivity contribution is 0.511. The van der Waals surface area contributed by atoms with Gasteiger partial charge in [0.25, 0.3) is 0 Å². The van der Waals surface area contributed by atoms with Crippen molar-refractivity contribution in [3.8, 4) is 0 Å². The van der Waals surface area contributed by atoms with Crippen LogP contribution in [0.15, 0.2) is 48.6 Å². The Morgan fingerprint density at radius 1 is 0.700 bits per heavy atom. The van der Waals surface area contributed by atoms with Crippen molar-refractivity contribution in [1.29, 1.82) is 0 Å². The first-order valence-electron chi connectivity index (χ1n) is 12.9. The van der Waals surface area contributed by atoms with Gasteiger partial charge in [-0.1, -0.05) is 95.4 Å². The van der Waals surface area contributed by atoms with E-state index >= 15 is 0 Å². The molecule has 0 aliphatic rings. The Balaban J connectivity index is 4.37. The fourth-order valence-corrected chi connectivity index (χ4v) is 3.97. The minimum atomic E-state index is 0.579. The summed E-state index contributed by atoms with van der Waals surface area (Å²) in [6.45, 7) is 24.3. The molecule has 1 atom stereocenters. The molecule has 0 aliphatic heterocycles. The van der Waals surface area contributed by atoms with Gasteiger partial charge >= 0.3 is 0 Å². The van der Waals surface area contributed by atoms with Crippen molar-refractivity contribution in [3.05, 3.63) is 48.6 Å². The molecule has 0 bridgehead atoms. The predicted molar refractivity (Wildman–Crippen MR) is 140 cm³/mol. The Hall–Kier alpha value is -1.04. The standard InChI is InChI=1S/C30H54/c1-25(2)18-14-12-10-9-11-13-15-23-30(29(8)22-17-20-27(5)6)24-28(7)21-16-19-26(3)4/h13,15,26-27,30H,1,7-12,14,16-24H2,2-6H3/b15-13+. The predicted octanol–water partition coefficient (Wildman–Crippen LogP) is 10.6. The van der Waals surface area contributed by atoms with Gasteiger partial charge in [0.2, 0.25) is 0 Å². The number of unbranched alkanes of at least 4 members (excludes halogenated alkanes) is 4. The average molecular weight is 415 g/mol. The highest BCUT2D eigenvalue weighted by atomic mass is 14.2. The normalized spacial score (nSPS) is 12.8. The molecule has 0 rings (SSSR count). The third-order valence-corrected chi connectivity index (χ3v) is 6.02. The van der Waals surface area contributed by atoms with E-state index in [-0.39, 0.29) is 0 Å². The van der Waals surface area contributed by atoms with Crippen LogP contribution in [0, 0.1) is 17.8 Å². The summed E-state index contributed by atoms with van der Waals surface area (Å²) in [5.74, 6) is 2.16. The van der Waals surface area contributed by atoms with Crippen LogP contribution in [-0.2, 0) is 0 Å². The highest BCUT2D eigenvalue weighted by molar-refractivity contribution is 5.09. The summed E-state index contributed by atoms with van der Waals surface area (Å²) in [5, 5.41) is 0. The molecule has 0 aliphatic carbocycles. The number of rotatable bonds is 20. The zero-order chi connectivity index (χ0) is 22.8. The van der Waals surface area contributed by atoms with Gasteiger partial charge in [0.1, 0.15) is 0 Å². The van der Waals surface area contributed by atoms with E-state index in [9.17, 15) is 0 Å². The average Bonchev–Trinajstić information content (AvgIpc) is 2.64. The van der Waals surface area contributed by atoms with E-state index in [1.165, 1.54) is 93.8 Å². The molecule has 30 heavy (non-hydrogen) atoms. The summed E-state index contributed by atoms with van der Waals surface area (Å²) >= 11 is 0. The molecule has 0 radical (unpaired) electrons. The molecule has 1 unspecified atom stereocenters. The van der Waals surface area contributed by atoms with Crippen LogP contribution in [0.3, 0.4) is 0 Å². The Morgan fingerprint density at radius 2 is 1.30 bits per heavy atom. The number of hydrogen-bond acceptors (Lipinski definition) is 0. The lowest BCUT2D eigenvalue weighted by atomic mass is 9.85. The molecule has 0 N–H and O–H groups in total. The van der Waals surface area contributed by atoms with Crippen molar-refractivity contribution in [3.63, 3.8) is 0 Å². The van der Waals surface area contributed by atoms with Crippen molar-refractivity contribution < 1.29 is 0 Å². The lowest BCUT2D eigenvalue weighted by Crippen LogP contribution is -2.05. The third kappa shape index (κ3) is 19.0. The van der Waals surface area contributed by atoms with Crippen LogP contribution in [0.1, 0.15) is 125 Å². The second-order valence-electron chi connectivity index (χ2n) is 10.5. The van der Waals surface area contributed by atoms with Gasteiger partial charge in [-0.15, -0.1) is 6.58 Å². The Kier molecular flexibility index (Phi) is 18.1. The van der Waals surface area contributed by atoms with Crippen LogP contribution in [-0.4, -0.2) is 0 Å². The minimum Gasteiger partial charge on any atom is -0.100 e. The van der Waals surface area contributed by atoms with E-state index in [4.69, 9.17) is 0 Å². The van der Waals surface area contributed by atoms with Crippen molar-refractivity contribution in [2.75, 3.05) is 0 Å². The zero-order valence-electron chi connectivity index (χ0n) is 21.4. The molecule has 0 nitrogen and oxygen atoms in total. The van der Waals surface area contributed by atoms with Gasteiger partial charge in [-0.2, -0.15) is 0 Å². The molecule has 0 saturated heterocycles. The monoisotopic (exact) mass is 414 g/mol. The zero-order valence-corrected chi connectivity index (χ0v) is 21.4. The number of allylic oxidation sites excluding steroid dienone is 5. The first-order chi connectivity index (χ1) is 14.2. The first-order valence-corrected chi connectivity index (χ1v) is 12.9. The second-order valence-corrected chi connectivity index (χ2v) is 10.5. The number of hydrogen-bond donors (Lipinski definition) is 0. The van der Waals surface area contributed by atoms with Crippen LogP contribution in [0.4, 0.5) is 0 Å². The van der Waals surface area contributed by atoms with Crippen molar-refractivity contribution in [2.45, 2.75) is 125 Å². The fourth-order valence-electron chi connectivity index (χ4n) is 3.97. The van der Waals surface area contributed by atoms with Crippen LogP contribution >= 0.6 is 0 Å². The SMILES string of the molecule is C=C(C)CCCCCC/C=C/CC(CC(=C)CCCC(C)C)C(=C)CCCC(C)C. The molecule has 0 heterocycles. The van der Waals surface area contributed by atoms with Crippen LogP contribution in [0.2, 0.25) is 0 Å². The first kappa shape index (κ1) is 29.0. The van der Waals surface area contributed by atoms with Gasteiger partial charge in [-0.05, 0) is 88.9 Å². The van der Waals surface area contributed by atoms with Gasteiger partial charge in [-0.25, -0.2) is 0 Å². The molecule has 0 amide bonds. The molecule has 0 saturated carbocycles. The van der Waals surface area contributed by atoms with E-state index in [1.807, 2.05) is 0 Å². The largest absolute Gasteiger partial charge is 0.100 e. The highest BCUT2D eigenvalue weighted by Crippen LogP contribution is 2.29. The quantitative estimate of drug-likeness (QED) is 0.137. The van der Waals surface area contributed by atoms with E-state index in [2.05, 4.69) is 66.5 Å². The van der Waals surface area contributed by atoms with Crippen molar-refractivity contribution in [1.82, 2.24) is 0 Å². The molecule has 0 fully saturated rings. The third-order valence-electron chi connectivity index (χ3n) is 6.02. The maximum Gasteiger partial charge on any atom is -0.0134 e. The van der Waals surface area contributed by atoms with Gasteiger partial charge in [0.15, 0.2) is 0 Å². The fraction of sp³-hybridized carbons (Fsp3) is 0.733. The Bertz CT molecular complexity index is 488. The minimum absolute atomic E-state index is 0.579. The maximum absolute atomic E-state index is 4.49. The Morgan fingerprint density at radius 3 is 1.90 bits per heavy atom. The smallest absolute Gasteiger partial charge is 0.0134 e. The summed E-state index contributed by atoms with van der Waals surface area (Å²) in [6, 6.07) is 0. The van der Waals surface area contributed by atoms with E-state index < -0.39 is 0 Å².